The third kappa shape index (κ3) is 3.13. The Balaban J connectivity index is 1.43. The monoisotopic (exact) mass is 339 g/mol. The standard InChI is InChI=1S/C15H21N3O4S/c19-13(8-10-5-7-23(20,21)9-10)18-6-1-2-12(18)14-16-15(22-17-14)11-3-4-11/h10-12H,1-9H2/t10-,12+/m1/s1. The summed E-state index contributed by atoms with van der Waals surface area (Å²) in [7, 11) is -2.94. The van der Waals surface area contributed by atoms with Gasteiger partial charge in [-0.15, -0.1) is 0 Å². The Hall–Kier alpha value is -1.44. The fourth-order valence-electron chi connectivity index (χ4n) is 3.61. The molecule has 7 nitrogen and oxygen atoms in total. The molecule has 3 aliphatic rings. The van der Waals surface area contributed by atoms with Crippen molar-refractivity contribution in [1.29, 1.82) is 0 Å². The lowest BCUT2D eigenvalue weighted by Gasteiger charge is -2.23. The normalized spacial score (nSPS) is 30.0. The molecule has 0 bridgehead atoms. The summed E-state index contributed by atoms with van der Waals surface area (Å²) in [5, 5.41) is 4.07. The molecule has 0 N–H and O–H groups in total. The van der Waals surface area contributed by atoms with Gasteiger partial charge in [0, 0.05) is 18.9 Å². The Kier molecular flexibility index (Phi) is 3.66. The van der Waals surface area contributed by atoms with E-state index in [0.717, 1.165) is 25.7 Å². The van der Waals surface area contributed by atoms with Gasteiger partial charge in [0.25, 0.3) is 0 Å². The summed E-state index contributed by atoms with van der Waals surface area (Å²) in [6.07, 6.45) is 4.88. The van der Waals surface area contributed by atoms with Crippen LogP contribution in [0.25, 0.3) is 0 Å². The average molecular weight is 339 g/mol. The van der Waals surface area contributed by atoms with E-state index in [4.69, 9.17) is 4.52 Å². The van der Waals surface area contributed by atoms with Crippen LogP contribution < -0.4 is 0 Å². The number of sulfone groups is 1. The molecule has 1 aromatic heterocycles. The fraction of sp³-hybridized carbons (Fsp3) is 0.800. The number of hydrogen-bond donors (Lipinski definition) is 0. The van der Waals surface area contributed by atoms with Gasteiger partial charge < -0.3 is 9.42 Å². The number of hydrogen-bond acceptors (Lipinski definition) is 6. The lowest BCUT2D eigenvalue weighted by atomic mass is 10.0. The van der Waals surface area contributed by atoms with Crippen molar-refractivity contribution < 1.29 is 17.7 Å². The summed E-state index contributed by atoms with van der Waals surface area (Å²) in [6, 6.07) is -0.114. The zero-order valence-electron chi connectivity index (χ0n) is 13.0. The molecule has 0 aromatic carbocycles. The first kappa shape index (κ1) is 15.1. The second-order valence-corrected chi connectivity index (χ2v) is 9.21. The molecule has 2 saturated heterocycles. The summed E-state index contributed by atoms with van der Waals surface area (Å²) in [5.74, 6) is 2.05. The van der Waals surface area contributed by atoms with Crippen LogP contribution in [0.15, 0.2) is 4.52 Å². The van der Waals surface area contributed by atoms with Crippen LogP contribution in [-0.4, -0.2) is 47.4 Å². The number of likely N-dealkylation sites (tertiary alicyclic amines) is 1. The van der Waals surface area contributed by atoms with Gasteiger partial charge in [-0.3, -0.25) is 4.79 Å². The molecule has 2 aliphatic heterocycles. The molecule has 1 aliphatic carbocycles. The van der Waals surface area contributed by atoms with E-state index in [1.54, 1.807) is 0 Å². The molecule has 0 spiro atoms. The lowest BCUT2D eigenvalue weighted by Crippen LogP contribution is -2.32. The molecule has 3 fully saturated rings. The molecular formula is C15H21N3O4S. The second kappa shape index (κ2) is 5.58. The fourth-order valence-corrected chi connectivity index (χ4v) is 5.47. The molecular weight excluding hydrogens is 318 g/mol. The number of amides is 1. The van der Waals surface area contributed by atoms with Crippen LogP contribution in [0.4, 0.5) is 0 Å². The van der Waals surface area contributed by atoms with E-state index in [9.17, 15) is 13.2 Å². The van der Waals surface area contributed by atoms with Gasteiger partial charge in [-0.05, 0) is 38.0 Å². The van der Waals surface area contributed by atoms with Crippen LogP contribution in [0.3, 0.4) is 0 Å². The Morgan fingerprint density at radius 2 is 2.09 bits per heavy atom. The van der Waals surface area contributed by atoms with Gasteiger partial charge in [-0.1, -0.05) is 5.16 Å². The summed E-state index contributed by atoms with van der Waals surface area (Å²) in [4.78, 5) is 18.9. The molecule has 0 unspecified atom stereocenters. The maximum absolute atomic E-state index is 12.6. The minimum atomic E-state index is -2.94. The predicted octanol–water partition coefficient (Wildman–Crippen LogP) is 1.44. The molecule has 1 amide bonds. The van der Waals surface area contributed by atoms with Crippen molar-refractivity contribution >= 4 is 15.7 Å². The molecule has 1 aromatic rings. The van der Waals surface area contributed by atoms with E-state index < -0.39 is 9.84 Å². The van der Waals surface area contributed by atoms with Gasteiger partial charge in [-0.2, -0.15) is 4.98 Å². The summed E-state index contributed by atoms with van der Waals surface area (Å²) in [5.41, 5.74) is 0. The predicted molar refractivity (Wildman–Crippen MR) is 81.3 cm³/mol. The van der Waals surface area contributed by atoms with Gasteiger partial charge in [0.1, 0.15) is 0 Å². The molecule has 8 heteroatoms. The zero-order chi connectivity index (χ0) is 16.0. The molecule has 4 rings (SSSR count). The zero-order valence-corrected chi connectivity index (χ0v) is 13.8. The molecule has 0 radical (unpaired) electrons. The smallest absolute Gasteiger partial charge is 0.229 e. The molecule has 126 valence electrons. The SMILES string of the molecule is O=C(C[C@H]1CCS(=O)(=O)C1)N1CCC[C@H]1c1noc(C2CC2)n1. The third-order valence-corrected chi connectivity index (χ3v) is 6.88. The van der Waals surface area contributed by atoms with Crippen molar-refractivity contribution in [3.05, 3.63) is 11.7 Å². The van der Waals surface area contributed by atoms with Gasteiger partial charge >= 0.3 is 0 Å². The van der Waals surface area contributed by atoms with E-state index in [0.29, 0.717) is 37.0 Å². The van der Waals surface area contributed by atoms with Gasteiger partial charge in [0.05, 0.1) is 17.5 Å². The molecule has 23 heavy (non-hydrogen) atoms. The topological polar surface area (TPSA) is 93.4 Å². The maximum Gasteiger partial charge on any atom is 0.229 e. The van der Waals surface area contributed by atoms with Crippen LogP contribution in [0, 0.1) is 5.92 Å². The van der Waals surface area contributed by atoms with Crippen molar-refractivity contribution in [2.24, 2.45) is 5.92 Å². The second-order valence-electron chi connectivity index (χ2n) is 6.98. The first-order chi connectivity index (χ1) is 11.0. The van der Waals surface area contributed by atoms with E-state index in [-0.39, 0.29) is 29.4 Å². The Labute approximate surface area is 135 Å². The van der Waals surface area contributed by atoms with Gasteiger partial charge in [0.15, 0.2) is 15.7 Å². The van der Waals surface area contributed by atoms with Crippen molar-refractivity contribution in [3.8, 4) is 0 Å². The van der Waals surface area contributed by atoms with E-state index in [1.165, 1.54) is 0 Å². The number of rotatable bonds is 4. The van der Waals surface area contributed by atoms with E-state index in [1.807, 2.05) is 4.90 Å². The van der Waals surface area contributed by atoms with Crippen LogP contribution in [0.1, 0.15) is 62.2 Å². The average Bonchev–Trinajstić information content (AvgIpc) is 2.93. The van der Waals surface area contributed by atoms with Crippen molar-refractivity contribution in [3.63, 3.8) is 0 Å². The lowest BCUT2D eigenvalue weighted by molar-refractivity contribution is -0.133. The number of nitrogens with zero attached hydrogens (tertiary/aromatic N) is 3. The first-order valence-electron chi connectivity index (χ1n) is 8.35. The highest BCUT2D eigenvalue weighted by Crippen LogP contribution is 2.40. The third-order valence-electron chi connectivity index (χ3n) is 5.05. The van der Waals surface area contributed by atoms with Crippen LogP contribution in [0.2, 0.25) is 0 Å². The molecule has 2 atom stereocenters. The van der Waals surface area contributed by atoms with Crippen molar-refractivity contribution in [2.75, 3.05) is 18.1 Å². The minimum Gasteiger partial charge on any atom is -0.339 e. The van der Waals surface area contributed by atoms with Crippen LogP contribution in [0.5, 0.6) is 0 Å². The van der Waals surface area contributed by atoms with E-state index >= 15 is 0 Å². The Bertz CT molecular complexity index is 710. The molecule has 3 heterocycles. The van der Waals surface area contributed by atoms with Crippen molar-refractivity contribution in [1.82, 2.24) is 15.0 Å². The highest BCUT2D eigenvalue weighted by atomic mass is 32.2. The maximum atomic E-state index is 12.6. The van der Waals surface area contributed by atoms with Crippen LogP contribution in [-0.2, 0) is 14.6 Å². The van der Waals surface area contributed by atoms with Gasteiger partial charge in [0.2, 0.25) is 11.8 Å². The number of carbonyl (C=O) groups is 1. The molecule has 1 saturated carbocycles. The summed E-state index contributed by atoms with van der Waals surface area (Å²) >= 11 is 0. The van der Waals surface area contributed by atoms with Gasteiger partial charge in [-0.25, -0.2) is 8.42 Å². The highest BCUT2D eigenvalue weighted by Gasteiger charge is 2.37. The highest BCUT2D eigenvalue weighted by molar-refractivity contribution is 7.91. The summed E-state index contributed by atoms with van der Waals surface area (Å²) in [6.45, 7) is 0.691. The quantitative estimate of drug-likeness (QED) is 0.824. The summed E-state index contributed by atoms with van der Waals surface area (Å²) < 4.78 is 28.4. The largest absolute Gasteiger partial charge is 0.339 e. The van der Waals surface area contributed by atoms with Crippen LogP contribution >= 0.6 is 0 Å². The number of aromatic nitrogens is 2. The minimum absolute atomic E-state index is 0.0207. The first-order valence-corrected chi connectivity index (χ1v) is 10.2. The number of carbonyl (C=O) groups excluding carboxylic acids is 1. The Morgan fingerprint density at radius 3 is 2.78 bits per heavy atom. The Morgan fingerprint density at radius 1 is 1.26 bits per heavy atom. The van der Waals surface area contributed by atoms with E-state index in [2.05, 4.69) is 10.1 Å². The van der Waals surface area contributed by atoms with Crippen molar-refractivity contribution in [2.45, 2.75) is 50.5 Å².